The number of nitrogens with zero attached hydrogens (tertiary/aromatic N) is 1. The lowest BCUT2D eigenvalue weighted by atomic mass is 10.2. The number of halogens is 2. The van der Waals surface area contributed by atoms with Gasteiger partial charge in [-0.05, 0) is 31.0 Å². The lowest BCUT2D eigenvalue weighted by Crippen LogP contribution is -2.28. The second-order valence-electron chi connectivity index (χ2n) is 6.31. The largest absolute Gasteiger partial charge is 0.619 e. The van der Waals surface area contributed by atoms with Crippen molar-refractivity contribution in [3.63, 3.8) is 0 Å². The first-order valence-corrected chi connectivity index (χ1v) is 11.6. The first kappa shape index (κ1) is 26.8. The first-order chi connectivity index (χ1) is 15.3. The van der Waals surface area contributed by atoms with Gasteiger partial charge in [-0.1, -0.05) is 23.8 Å². The Hall–Kier alpha value is -1.47. The number of aromatic nitrogens is 2. The monoisotopic (exact) mass is 513 g/mol. The molecule has 0 spiro atoms. The maximum atomic E-state index is 13.2. The van der Waals surface area contributed by atoms with E-state index in [1.165, 1.54) is 29.0 Å². The maximum absolute atomic E-state index is 13.2. The molecule has 0 aliphatic carbocycles. The zero-order chi connectivity index (χ0) is 23.9. The molecule has 14 heteroatoms. The van der Waals surface area contributed by atoms with E-state index < -0.39 is 25.9 Å². The van der Waals surface area contributed by atoms with Crippen molar-refractivity contribution in [1.29, 1.82) is 0 Å². The van der Waals surface area contributed by atoms with E-state index in [0.29, 0.717) is 24.2 Å². The van der Waals surface area contributed by atoms with Crippen LogP contribution in [0.3, 0.4) is 0 Å². The molecule has 0 bridgehead atoms. The van der Waals surface area contributed by atoms with Crippen LogP contribution < -0.4 is 10.2 Å². The van der Waals surface area contributed by atoms with Crippen molar-refractivity contribution in [1.82, 2.24) is 9.55 Å². The summed E-state index contributed by atoms with van der Waals surface area (Å²) in [5.41, 5.74) is 0.0676. The lowest BCUT2D eigenvalue weighted by Gasteiger charge is -2.22. The second-order valence-corrected chi connectivity index (χ2v) is 8.77. The zero-order valence-electron chi connectivity index (χ0n) is 17.2. The van der Waals surface area contributed by atoms with Gasteiger partial charge in [-0.15, -0.1) is 9.05 Å². The van der Waals surface area contributed by atoms with Crippen LogP contribution in [0.5, 0.6) is 5.75 Å². The predicted octanol–water partition coefficient (Wildman–Crippen LogP) is 2.89. The highest BCUT2D eigenvalue weighted by Gasteiger charge is 2.51. The van der Waals surface area contributed by atoms with Crippen molar-refractivity contribution < 1.29 is 37.8 Å². The van der Waals surface area contributed by atoms with Crippen LogP contribution >= 0.6 is 32.0 Å². The number of hydrogen-bond acceptors (Lipinski definition) is 9. The number of benzene rings is 1. The highest BCUT2D eigenvalue weighted by Crippen LogP contribution is 2.61. The molecule has 1 saturated heterocycles. The third kappa shape index (κ3) is 6.53. The Morgan fingerprint density at radius 3 is 2.78 bits per heavy atom. The van der Waals surface area contributed by atoms with Gasteiger partial charge < -0.3 is 14.9 Å². The Morgan fingerprint density at radius 1 is 1.34 bits per heavy atom. The van der Waals surface area contributed by atoms with E-state index >= 15 is 0 Å². The fraction of sp³-hybridized carbons (Fsp3) is 0.444. The molecule has 32 heavy (non-hydrogen) atoms. The SMILES string of the molecule is CO.CO.O=c1[nH]c(=S)c(Cl)cn1C1CCC(CO[P+]2(O)OCc3cc(F)ccc3O2)O1. The zero-order valence-corrected chi connectivity index (χ0v) is 19.7. The molecule has 2 aromatic rings. The Bertz CT molecular complexity index is 1030. The molecule has 0 amide bonds. The summed E-state index contributed by atoms with van der Waals surface area (Å²) in [5, 5.41) is 14.2. The number of rotatable bonds is 4. The number of H-pyrrole nitrogens is 1. The Kier molecular flexibility index (Phi) is 10.1. The van der Waals surface area contributed by atoms with E-state index in [1.807, 2.05) is 0 Å². The number of aliphatic hydroxyl groups is 2. The van der Waals surface area contributed by atoms with Crippen molar-refractivity contribution in [2.24, 2.45) is 0 Å². The highest BCUT2D eigenvalue weighted by atomic mass is 35.5. The van der Waals surface area contributed by atoms with E-state index in [4.69, 9.17) is 52.3 Å². The van der Waals surface area contributed by atoms with Crippen LogP contribution in [0.2, 0.25) is 5.02 Å². The molecule has 2 aliphatic rings. The summed E-state index contributed by atoms with van der Waals surface area (Å²) < 4.78 is 36.7. The van der Waals surface area contributed by atoms with Crippen LogP contribution in [0.1, 0.15) is 24.6 Å². The summed E-state index contributed by atoms with van der Waals surface area (Å²) in [6.07, 6.45) is 1.66. The standard InChI is InChI=1S/C16H15ClFN2O6PS.2CH4O/c17-12-6-20(16(21)19-15(12)28)14-4-2-11(25-14)8-24-27(22)23-7-9-5-10(18)1-3-13(9)26-27;2*1-2/h1,3,5-6,11,14,22H,2,4,7-8H2;2*2H,1H3/p+1. The fourth-order valence-corrected chi connectivity index (χ4v) is 4.54. The highest BCUT2D eigenvalue weighted by molar-refractivity contribution is 7.71. The van der Waals surface area contributed by atoms with Gasteiger partial charge in [0.2, 0.25) is 0 Å². The molecule has 0 radical (unpaired) electrons. The summed E-state index contributed by atoms with van der Waals surface area (Å²) in [7, 11) is -1.59. The van der Waals surface area contributed by atoms with Gasteiger partial charge in [-0.25, -0.2) is 9.18 Å². The molecule has 3 atom stereocenters. The first-order valence-electron chi connectivity index (χ1n) is 9.28. The number of fused-ring (bicyclic) bond motifs is 1. The molecular formula is C18H24ClFN2O8PS+. The van der Waals surface area contributed by atoms with Crippen molar-refractivity contribution in [2.75, 3.05) is 20.8 Å². The minimum absolute atomic E-state index is 0.00260. The molecule has 2 aliphatic heterocycles. The molecule has 1 fully saturated rings. The van der Waals surface area contributed by atoms with Gasteiger partial charge in [0.25, 0.3) is 0 Å². The average molecular weight is 514 g/mol. The van der Waals surface area contributed by atoms with Crippen molar-refractivity contribution in [3.8, 4) is 5.75 Å². The van der Waals surface area contributed by atoms with Crippen molar-refractivity contribution >= 4 is 32.0 Å². The van der Waals surface area contributed by atoms with Gasteiger partial charge >= 0.3 is 13.9 Å². The van der Waals surface area contributed by atoms with E-state index in [0.717, 1.165) is 14.2 Å². The van der Waals surface area contributed by atoms with Crippen LogP contribution in [-0.4, -0.2) is 51.6 Å². The van der Waals surface area contributed by atoms with E-state index in [2.05, 4.69) is 4.98 Å². The van der Waals surface area contributed by atoms with E-state index in [9.17, 15) is 14.1 Å². The topological polar surface area (TPSA) is 135 Å². The fourth-order valence-electron chi connectivity index (χ4n) is 2.98. The van der Waals surface area contributed by atoms with Gasteiger partial charge in [0, 0.05) is 26.0 Å². The molecule has 10 nitrogen and oxygen atoms in total. The summed E-state index contributed by atoms with van der Waals surface area (Å²) in [4.78, 5) is 25.0. The van der Waals surface area contributed by atoms with Crippen LogP contribution in [0, 0.1) is 10.5 Å². The number of aromatic amines is 1. The van der Waals surface area contributed by atoms with Crippen LogP contribution in [0.15, 0.2) is 29.2 Å². The number of hydrogen-bond donors (Lipinski definition) is 4. The molecule has 3 unspecified atom stereocenters. The molecule has 3 heterocycles. The van der Waals surface area contributed by atoms with Gasteiger partial charge in [0.15, 0.2) is 5.75 Å². The molecular weight excluding hydrogens is 490 g/mol. The Labute approximate surface area is 193 Å². The van der Waals surface area contributed by atoms with Crippen LogP contribution in [0.25, 0.3) is 0 Å². The van der Waals surface area contributed by atoms with Crippen molar-refractivity contribution in [3.05, 3.63) is 55.9 Å². The van der Waals surface area contributed by atoms with Crippen LogP contribution in [0.4, 0.5) is 4.39 Å². The Morgan fingerprint density at radius 2 is 2.06 bits per heavy atom. The second kappa shape index (κ2) is 12.1. The normalized spacial score (nSPS) is 23.7. The van der Waals surface area contributed by atoms with Gasteiger partial charge in [-0.3, -0.25) is 14.1 Å². The third-order valence-corrected chi connectivity index (χ3v) is 6.44. The van der Waals surface area contributed by atoms with Gasteiger partial charge in [0.1, 0.15) is 29.9 Å². The predicted molar refractivity (Wildman–Crippen MR) is 117 cm³/mol. The molecule has 0 saturated carbocycles. The van der Waals surface area contributed by atoms with Crippen molar-refractivity contribution in [2.45, 2.75) is 31.8 Å². The lowest BCUT2D eigenvalue weighted by molar-refractivity contribution is -0.0301. The third-order valence-electron chi connectivity index (χ3n) is 4.36. The quantitative estimate of drug-likeness (QED) is 0.359. The minimum Gasteiger partial charge on any atom is -0.400 e. The van der Waals surface area contributed by atoms with Crippen LogP contribution in [-0.2, 0) is 20.4 Å². The van der Waals surface area contributed by atoms with Gasteiger partial charge in [0.05, 0.1) is 11.1 Å². The Balaban J connectivity index is 0.000000860. The molecule has 1 aromatic heterocycles. The molecule has 178 valence electrons. The van der Waals surface area contributed by atoms with E-state index in [1.54, 1.807) is 0 Å². The summed E-state index contributed by atoms with van der Waals surface area (Å²) in [6, 6.07) is 3.92. The number of aliphatic hydroxyl groups excluding tert-OH is 2. The summed E-state index contributed by atoms with van der Waals surface area (Å²) in [5.74, 6) is -0.104. The number of nitrogens with one attached hydrogen (secondary N) is 1. The average Bonchev–Trinajstić information content (AvgIpc) is 3.27. The molecule has 4 rings (SSSR count). The molecule has 1 aromatic carbocycles. The summed E-state index contributed by atoms with van der Waals surface area (Å²) in [6.45, 7) is -0.0225. The van der Waals surface area contributed by atoms with E-state index in [-0.39, 0.29) is 29.0 Å². The molecule has 4 N–H and O–H groups in total. The minimum atomic E-state index is -3.59. The summed E-state index contributed by atoms with van der Waals surface area (Å²) >= 11 is 10.9. The number of ether oxygens (including phenoxy) is 1. The smallest absolute Gasteiger partial charge is 0.400 e. The van der Waals surface area contributed by atoms with Gasteiger partial charge in [-0.2, -0.15) is 4.89 Å². The maximum Gasteiger partial charge on any atom is 0.619 e.